The average Bonchev–Trinajstić information content (AvgIpc) is 2.54. The van der Waals surface area contributed by atoms with Gasteiger partial charge in [0.2, 0.25) is 0 Å². The summed E-state index contributed by atoms with van der Waals surface area (Å²) in [7, 11) is 1.57. The molecule has 0 amide bonds. The SMILES string of the molecule is COc1ccc2c(c1)CC/C(=C\c1cccc(F)c1F)C2=O. The molecule has 3 rings (SSSR count). The third-order valence-corrected chi connectivity index (χ3v) is 3.82. The number of methoxy groups -OCH3 is 1. The topological polar surface area (TPSA) is 26.3 Å². The van der Waals surface area contributed by atoms with E-state index in [1.807, 2.05) is 6.07 Å². The van der Waals surface area contributed by atoms with Crippen molar-refractivity contribution in [1.29, 1.82) is 0 Å². The smallest absolute Gasteiger partial charge is 0.189 e. The number of ketones is 1. The van der Waals surface area contributed by atoms with Crippen LogP contribution in [0.1, 0.15) is 27.9 Å². The lowest BCUT2D eigenvalue weighted by Crippen LogP contribution is -2.14. The Morgan fingerprint density at radius 1 is 1.14 bits per heavy atom. The van der Waals surface area contributed by atoms with E-state index in [-0.39, 0.29) is 11.3 Å². The molecule has 2 aromatic rings. The molecule has 0 heterocycles. The number of hydrogen-bond acceptors (Lipinski definition) is 2. The molecule has 0 aromatic heterocycles. The first-order valence-corrected chi connectivity index (χ1v) is 6.96. The minimum Gasteiger partial charge on any atom is -0.497 e. The maximum atomic E-state index is 13.7. The van der Waals surface area contributed by atoms with E-state index in [0.717, 1.165) is 11.6 Å². The molecular formula is C18H14F2O2. The minimum absolute atomic E-state index is 0.0975. The molecule has 22 heavy (non-hydrogen) atoms. The van der Waals surface area contributed by atoms with E-state index in [0.29, 0.717) is 29.7 Å². The second kappa shape index (κ2) is 5.72. The molecule has 0 saturated carbocycles. The highest BCUT2D eigenvalue weighted by molar-refractivity contribution is 6.13. The largest absolute Gasteiger partial charge is 0.497 e. The maximum Gasteiger partial charge on any atom is 0.189 e. The van der Waals surface area contributed by atoms with E-state index in [9.17, 15) is 13.6 Å². The van der Waals surface area contributed by atoms with Gasteiger partial charge in [-0.15, -0.1) is 0 Å². The van der Waals surface area contributed by atoms with Crippen LogP contribution in [0.15, 0.2) is 42.0 Å². The molecule has 2 aromatic carbocycles. The van der Waals surface area contributed by atoms with Gasteiger partial charge in [-0.25, -0.2) is 8.78 Å². The number of hydrogen-bond donors (Lipinski definition) is 0. The fourth-order valence-corrected chi connectivity index (χ4v) is 2.64. The number of carbonyl (C=O) groups excluding carboxylic acids is 1. The monoisotopic (exact) mass is 300 g/mol. The van der Waals surface area contributed by atoms with Crippen molar-refractivity contribution in [2.45, 2.75) is 12.8 Å². The van der Waals surface area contributed by atoms with Crippen LogP contribution in [0.3, 0.4) is 0 Å². The second-order valence-corrected chi connectivity index (χ2v) is 5.16. The fourth-order valence-electron chi connectivity index (χ4n) is 2.64. The molecule has 0 radical (unpaired) electrons. The number of allylic oxidation sites excluding steroid dienone is 1. The van der Waals surface area contributed by atoms with Crippen molar-refractivity contribution in [3.63, 3.8) is 0 Å². The van der Waals surface area contributed by atoms with Crippen molar-refractivity contribution >= 4 is 11.9 Å². The van der Waals surface area contributed by atoms with Crippen LogP contribution in [0.2, 0.25) is 0 Å². The van der Waals surface area contributed by atoms with Crippen molar-refractivity contribution in [3.8, 4) is 5.75 Å². The summed E-state index contributed by atoms with van der Waals surface area (Å²) >= 11 is 0. The third-order valence-electron chi connectivity index (χ3n) is 3.82. The van der Waals surface area contributed by atoms with Gasteiger partial charge in [-0.1, -0.05) is 12.1 Å². The highest BCUT2D eigenvalue weighted by Gasteiger charge is 2.22. The van der Waals surface area contributed by atoms with Crippen LogP contribution in [-0.2, 0) is 6.42 Å². The molecule has 1 aliphatic carbocycles. The van der Waals surface area contributed by atoms with Gasteiger partial charge >= 0.3 is 0 Å². The van der Waals surface area contributed by atoms with Crippen molar-refractivity contribution in [3.05, 3.63) is 70.3 Å². The molecule has 0 N–H and O–H groups in total. The quantitative estimate of drug-likeness (QED) is 0.778. The summed E-state index contributed by atoms with van der Waals surface area (Å²) in [5.41, 5.74) is 2.10. The van der Waals surface area contributed by atoms with Crippen LogP contribution < -0.4 is 4.74 Å². The molecule has 0 fully saturated rings. The van der Waals surface area contributed by atoms with Gasteiger partial charge in [-0.2, -0.15) is 0 Å². The van der Waals surface area contributed by atoms with Crippen LogP contribution in [0.5, 0.6) is 5.75 Å². The zero-order valence-corrected chi connectivity index (χ0v) is 12.0. The highest BCUT2D eigenvalue weighted by atomic mass is 19.2. The Labute approximate surface area is 127 Å². The van der Waals surface area contributed by atoms with Gasteiger partial charge in [-0.3, -0.25) is 4.79 Å². The predicted octanol–water partition coefficient (Wildman–Crippen LogP) is 4.19. The summed E-state index contributed by atoms with van der Waals surface area (Å²) in [6.45, 7) is 0. The van der Waals surface area contributed by atoms with E-state index in [4.69, 9.17) is 4.74 Å². The van der Waals surface area contributed by atoms with Crippen molar-refractivity contribution in [2.24, 2.45) is 0 Å². The number of carbonyl (C=O) groups is 1. The molecule has 0 atom stereocenters. The molecule has 0 aliphatic heterocycles. The first-order valence-electron chi connectivity index (χ1n) is 6.96. The molecule has 0 unspecified atom stereocenters. The lowest BCUT2D eigenvalue weighted by molar-refractivity contribution is 0.102. The van der Waals surface area contributed by atoms with E-state index >= 15 is 0 Å². The average molecular weight is 300 g/mol. The molecule has 0 bridgehead atoms. The zero-order valence-electron chi connectivity index (χ0n) is 12.0. The Kier molecular flexibility index (Phi) is 3.75. The van der Waals surface area contributed by atoms with E-state index < -0.39 is 11.6 Å². The summed E-state index contributed by atoms with van der Waals surface area (Å²) in [5, 5.41) is 0. The second-order valence-electron chi connectivity index (χ2n) is 5.16. The van der Waals surface area contributed by atoms with Crippen molar-refractivity contribution in [1.82, 2.24) is 0 Å². The van der Waals surface area contributed by atoms with Gasteiger partial charge in [0, 0.05) is 16.7 Å². The van der Waals surface area contributed by atoms with Gasteiger partial charge in [0.25, 0.3) is 0 Å². The number of halogens is 2. The summed E-state index contributed by atoms with van der Waals surface area (Å²) < 4.78 is 32.1. The van der Waals surface area contributed by atoms with Crippen LogP contribution in [0, 0.1) is 11.6 Å². The van der Waals surface area contributed by atoms with Gasteiger partial charge in [0.1, 0.15) is 5.75 Å². The number of aryl methyl sites for hydroxylation is 1. The lowest BCUT2D eigenvalue weighted by atomic mass is 9.86. The number of Topliss-reactive ketones (excluding diaryl/α,β-unsaturated/α-hetero) is 1. The lowest BCUT2D eigenvalue weighted by Gasteiger charge is -2.18. The Morgan fingerprint density at radius 3 is 2.73 bits per heavy atom. The molecule has 0 saturated heterocycles. The first-order chi connectivity index (χ1) is 10.6. The van der Waals surface area contributed by atoms with Gasteiger partial charge in [0.15, 0.2) is 17.4 Å². The van der Waals surface area contributed by atoms with Gasteiger partial charge in [-0.05, 0) is 48.7 Å². The van der Waals surface area contributed by atoms with E-state index in [2.05, 4.69) is 0 Å². The molecule has 112 valence electrons. The van der Waals surface area contributed by atoms with Gasteiger partial charge < -0.3 is 4.74 Å². The van der Waals surface area contributed by atoms with E-state index in [1.54, 1.807) is 19.2 Å². The maximum absolute atomic E-state index is 13.7. The molecule has 0 spiro atoms. The van der Waals surface area contributed by atoms with Crippen LogP contribution in [-0.4, -0.2) is 12.9 Å². The highest BCUT2D eigenvalue weighted by Crippen LogP contribution is 2.29. The van der Waals surface area contributed by atoms with Crippen molar-refractivity contribution in [2.75, 3.05) is 7.11 Å². The number of ether oxygens (including phenoxy) is 1. The standard InChI is InChI=1S/C18H14F2O2/c1-22-14-7-8-15-11(10-14)5-6-13(18(15)21)9-12-3-2-4-16(19)17(12)20/h2-4,7-10H,5-6H2,1H3/b13-9+. The first kappa shape index (κ1) is 14.4. The molecule has 1 aliphatic rings. The Hall–Kier alpha value is -2.49. The van der Waals surface area contributed by atoms with Gasteiger partial charge in [0.05, 0.1) is 7.11 Å². The molecular weight excluding hydrogens is 286 g/mol. The Morgan fingerprint density at radius 2 is 1.95 bits per heavy atom. The number of rotatable bonds is 2. The molecule has 4 heteroatoms. The zero-order chi connectivity index (χ0) is 15.7. The Balaban J connectivity index is 1.99. The van der Waals surface area contributed by atoms with Crippen LogP contribution >= 0.6 is 0 Å². The predicted molar refractivity (Wildman–Crippen MR) is 80.0 cm³/mol. The summed E-state index contributed by atoms with van der Waals surface area (Å²) in [4.78, 5) is 12.5. The third kappa shape index (κ3) is 2.52. The number of benzene rings is 2. The Bertz CT molecular complexity index is 779. The number of fused-ring (bicyclic) bond motifs is 1. The summed E-state index contributed by atoms with van der Waals surface area (Å²) in [5.74, 6) is -1.28. The summed E-state index contributed by atoms with van der Waals surface area (Å²) in [6.07, 6.45) is 2.60. The fraction of sp³-hybridized carbons (Fsp3) is 0.167. The van der Waals surface area contributed by atoms with E-state index in [1.165, 1.54) is 18.2 Å². The molecule has 2 nitrogen and oxygen atoms in total. The van der Waals surface area contributed by atoms with Crippen LogP contribution in [0.25, 0.3) is 6.08 Å². The van der Waals surface area contributed by atoms with Crippen LogP contribution in [0.4, 0.5) is 8.78 Å². The van der Waals surface area contributed by atoms with Crippen molar-refractivity contribution < 1.29 is 18.3 Å². The summed E-state index contributed by atoms with van der Waals surface area (Å²) in [6, 6.07) is 9.22. The minimum atomic E-state index is -0.927. The normalized spacial score (nSPS) is 15.8.